The van der Waals surface area contributed by atoms with Gasteiger partial charge in [0.25, 0.3) is 5.91 Å². The summed E-state index contributed by atoms with van der Waals surface area (Å²) in [6.07, 6.45) is 0.543. The fourth-order valence-electron chi connectivity index (χ4n) is 4.98. The summed E-state index contributed by atoms with van der Waals surface area (Å²) in [6, 6.07) is 25.6. The Kier molecular flexibility index (Phi) is 6.33. The SMILES string of the molecule is O=C(O)c1ccc(N2CN(c3ccccc3)C3(CCN(C(=O)OCc4ccccc4)CC3)C2=O)cc1. The van der Waals surface area contributed by atoms with E-state index in [-0.39, 0.29) is 24.2 Å². The standard InChI is InChI=1S/C28H27N3O5/c32-25(33)22-11-13-23(14-12-22)30-20-31(24-9-5-2-6-10-24)28(26(30)34)15-17-29(18-16-28)27(35)36-19-21-7-3-1-4-8-21/h1-14H,15-20H2,(H,32,33). The third-order valence-electron chi connectivity index (χ3n) is 6.99. The van der Waals surface area contributed by atoms with Gasteiger partial charge in [0.1, 0.15) is 12.1 Å². The number of aromatic carboxylic acids is 1. The van der Waals surface area contributed by atoms with Gasteiger partial charge in [0.15, 0.2) is 0 Å². The van der Waals surface area contributed by atoms with Gasteiger partial charge in [-0.2, -0.15) is 0 Å². The summed E-state index contributed by atoms with van der Waals surface area (Å²) < 4.78 is 5.51. The topological polar surface area (TPSA) is 90.4 Å². The van der Waals surface area contributed by atoms with E-state index < -0.39 is 11.5 Å². The minimum Gasteiger partial charge on any atom is -0.478 e. The number of carboxylic acids is 1. The number of likely N-dealkylation sites (tertiary alicyclic amines) is 1. The van der Waals surface area contributed by atoms with Crippen molar-refractivity contribution in [3.63, 3.8) is 0 Å². The van der Waals surface area contributed by atoms with E-state index in [4.69, 9.17) is 4.74 Å². The zero-order valence-electron chi connectivity index (χ0n) is 19.7. The van der Waals surface area contributed by atoms with E-state index in [0.717, 1.165) is 11.3 Å². The molecule has 8 nitrogen and oxygen atoms in total. The molecule has 2 heterocycles. The van der Waals surface area contributed by atoms with Crippen molar-refractivity contribution in [3.05, 3.63) is 96.1 Å². The molecule has 2 aliphatic rings. The van der Waals surface area contributed by atoms with E-state index in [1.807, 2.05) is 60.7 Å². The number of para-hydroxylation sites is 1. The van der Waals surface area contributed by atoms with Crippen molar-refractivity contribution in [1.82, 2.24) is 4.90 Å². The molecule has 5 rings (SSSR count). The number of hydrogen-bond acceptors (Lipinski definition) is 5. The number of nitrogens with zero attached hydrogens (tertiary/aromatic N) is 3. The largest absolute Gasteiger partial charge is 0.478 e. The van der Waals surface area contributed by atoms with Gasteiger partial charge in [-0.25, -0.2) is 9.59 Å². The van der Waals surface area contributed by atoms with Crippen LogP contribution in [0.2, 0.25) is 0 Å². The number of carbonyl (C=O) groups is 3. The van der Waals surface area contributed by atoms with Crippen LogP contribution >= 0.6 is 0 Å². The van der Waals surface area contributed by atoms with Gasteiger partial charge in [-0.05, 0) is 54.8 Å². The lowest BCUT2D eigenvalue weighted by Gasteiger charge is -2.42. The lowest BCUT2D eigenvalue weighted by molar-refractivity contribution is -0.123. The molecule has 0 aromatic heterocycles. The molecule has 0 bridgehead atoms. The molecular weight excluding hydrogens is 458 g/mol. The van der Waals surface area contributed by atoms with Crippen molar-refractivity contribution < 1.29 is 24.2 Å². The predicted octanol–water partition coefficient (Wildman–Crippen LogP) is 4.37. The number of rotatable bonds is 5. The monoisotopic (exact) mass is 485 g/mol. The van der Waals surface area contributed by atoms with Crippen molar-refractivity contribution in [2.24, 2.45) is 0 Å². The van der Waals surface area contributed by atoms with Crippen LogP contribution in [0.25, 0.3) is 0 Å². The summed E-state index contributed by atoms with van der Waals surface area (Å²) in [4.78, 5) is 43.4. The number of benzene rings is 3. The lowest BCUT2D eigenvalue weighted by Crippen LogP contribution is -2.57. The highest BCUT2D eigenvalue weighted by atomic mass is 16.6. The molecular formula is C28H27N3O5. The second-order valence-corrected chi connectivity index (χ2v) is 9.05. The van der Waals surface area contributed by atoms with Crippen LogP contribution in [0.5, 0.6) is 0 Å². The summed E-state index contributed by atoms with van der Waals surface area (Å²) in [5.74, 6) is -1.06. The molecule has 184 valence electrons. The van der Waals surface area contributed by atoms with Crippen LogP contribution in [0.4, 0.5) is 16.2 Å². The Morgan fingerprint density at radius 3 is 2.06 bits per heavy atom. The Bertz CT molecular complexity index is 1240. The number of carboxylic acid groups (broad SMARTS) is 1. The van der Waals surface area contributed by atoms with Gasteiger partial charge in [-0.1, -0.05) is 48.5 Å². The summed E-state index contributed by atoms with van der Waals surface area (Å²) in [6.45, 7) is 1.34. The number of piperidine rings is 1. The van der Waals surface area contributed by atoms with Crippen LogP contribution in [0.15, 0.2) is 84.9 Å². The number of anilines is 2. The first kappa shape index (κ1) is 23.4. The molecule has 0 radical (unpaired) electrons. The molecule has 2 aliphatic heterocycles. The number of amides is 2. The van der Waals surface area contributed by atoms with Crippen LogP contribution < -0.4 is 9.80 Å². The first-order chi connectivity index (χ1) is 17.5. The van der Waals surface area contributed by atoms with Crippen molar-refractivity contribution >= 4 is 29.3 Å². The first-order valence-electron chi connectivity index (χ1n) is 11.9. The number of carbonyl (C=O) groups excluding carboxylic acids is 2. The predicted molar refractivity (Wildman–Crippen MR) is 135 cm³/mol. The van der Waals surface area contributed by atoms with Crippen LogP contribution in [-0.2, 0) is 16.1 Å². The smallest absolute Gasteiger partial charge is 0.410 e. The molecule has 2 amide bonds. The summed E-state index contributed by atoms with van der Waals surface area (Å²) >= 11 is 0. The van der Waals surface area contributed by atoms with Gasteiger partial charge in [-0.3, -0.25) is 9.69 Å². The second kappa shape index (κ2) is 9.73. The average molecular weight is 486 g/mol. The van der Waals surface area contributed by atoms with Crippen LogP contribution in [-0.4, -0.2) is 53.3 Å². The van der Waals surface area contributed by atoms with Gasteiger partial charge in [0.2, 0.25) is 0 Å². The molecule has 0 saturated carbocycles. The Hall–Kier alpha value is -4.33. The average Bonchev–Trinajstić information content (AvgIpc) is 3.20. The van der Waals surface area contributed by atoms with Crippen LogP contribution in [0.3, 0.4) is 0 Å². The van der Waals surface area contributed by atoms with Gasteiger partial charge in [0, 0.05) is 24.5 Å². The van der Waals surface area contributed by atoms with Gasteiger partial charge in [0.05, 0.1) is 12.2 Å². The molecule has 2 saturated heterocycles. The Morgan fingerprint density at radius 1 is 0.833 bits per heavy atom. The minimum absolute atomic E-state index is 0.0493. The molecule has 1 spiro atoms. The van der Waals surface area contributed by atoms with E-state index in [9.17, 15) is 19.5 Å². The molecule has 0 aliphatic carbocycles. The van der Waals surface area contributed by atoms with Crippen molar-refractivity contribution in [2.75, 3.05) is 29.6 Å². The van der Waals surface area contributed by atoms with E-state index in [1.54, 1.807) is 21.9 Å². The summed E-state index contributed by atoms with van der Waals surface area (Å²) in [5, 5.41) is 9.22. The van der Waals surface area contributed by atoms with Crippen LogP contribution in [0, 0.1) is 0 Å². The maximum atomic E-state index is 13.9. The summed E-state index contributed by atoms with van der Waals surface area (Å²) in [5.41, 5.74) is 1.86. The Balaban J connectivity index is 1.34. The number of hydrogen-bond donors (Lipinski definition) is 1. The van der Waals surface area contributed by atoms with Crippen molar-refractivity contribution in [3.8, 4) is 0 Å². The fraction of sp³-hybridized carbons (Fsp3) is 0.250. The minimum atomic E-state index is -1.01. The van der Waals surface area contributed by atoms with Gasteiger partial charge in [-0.15, -0.1) is 0 Å². The molecule has 36 heavy (non-hydrogen) atoms. The Morgan fingerprint density at radius 2 is 1.44 bits per heavy atom. The highest BCUT2D eigenvalue weighted by Crippen LogP contribution is 2.41. The molecule has 3 aromatic carbocycles. The molecule has 0 unspecified atom stereocenters. The summed E-state index contributed by atoms with van der Waals surface area (Å²) in [7, 11) is 0. The zero-order valence-corrected chi connectivity index (χ0v) is 19.7. The molecule has 2 fully saturated rings. The lowest BCUT2D eigenvalue weighted by atomic mass is 9.85. The molecule has 3 aromatic rings. The van der Waals surface area contributed by atoms with Crippen molar-refractivity contribution in [2.45, 2.75) is 25.0 Å². The van der Waals surface area contributed by atoms with Crippen LogP contribution in [0.1, 0.15) is 28.8 Å². The maximum Gasteiger partial charge on any atom is 0.410 e. The van der Waals surface area contributed by atoms with E-state index in [2.05, 4.69) is 4.90 Å². The fourth-order valence-corrected chi connectivity index (χ4v) is 4.98. The molecule has 1 N–H and O–H groups in total. The third kappa shape index (κ3) is 4.37. The molecule has 0 atom stereocenters. The highest BCUT2D eigenvalue weighted by Gasteiger charge is 2.54. The molecule has 8 heteroatoms. The van der Waals surface area contributed by atoms with E-state index >= 15 is 0 Å². The first-order valence-corrected chi connectivity index (χ1v) is 11.9. The van der Waals surface area contributed by atoms with Gasteiger partial charge >= 0.3 is 12.1 Å². The third-order valence-corrected chi connectivity index (χ3v) is 6.99. The van der Waals surface area contributed by atoms with Gasteiger partial charge < -0.3 is 19.6 Å². The zero-order chi connectivity index (χ0) is 25.1. The van der Waals surface area contributed by atoms with Crippen molar-refractivity contribution in [1.29, 1.82) is 0 Å². The van der Waals surface area contributed by atoms with E-state index in [0.29, 0.717) is 38.3 Å². The number of ether oxygens (including phenoxy) is 1. The Labute approximate surface area is 209 Å². The van der Waals surface area contributed by atoms with E-state index in [1.165, 1.54) is 12.1 Å². The maximum absolute atomic E-state index is 13.9. The second-order valence-electron chi connectivity index (χ2n) is 9.05. The highest BCUT2D eigenvalue weighted by molar-refractivity contribution is 6.06. The quantitative estimate of drug-likeness (QED) is 0.577. The normalized spacial score (nSPS) is 16.9.